The van der Waals surface area contributed by atoms with Crippen LogP contribution >= 0.6 is 23.3 Å². The van der Waals surface area contributed by atoms with Gasteiger partial charge in [-0.15, -0.1) is 11.3 Å². The lowest BCUT2D eigenvalue weighted by Gasteiger charge is -2.31. The molecule has 0 bridgehead atoms. The number of hydrogen-bond acceptors (Lipinski definition) is 7. The number of rotatable bonds is 7. The zero-order valence-electron chi connectivity index (χ0n) is 19.2. The first-order valence-corrected chi connectivity index (χ1v) is 13.6. The molecule has 2 saturated heterocycles. The van der Waals surface area contributed by atoms with E-state index in [1.165, 1.54) is 23.3 Å². The number of anilines is 1. The number of aromatic nitrogens is 1. The van der Waals surface area contributed by atoms with Crippen molar-refractivity contribution in [1.82, 2.24) is 19.1 Å². The summed E-state index contributed by atoms with van der Waals surface area (Å²) >= 11 is 2.66. The lowest BCUT2D eigenvalue weighted by Crippen LogP contribution is -2.51. The van der Waals surface area contributed by atoms with Crippen molar-refractivity contribution in [3.05, 3.63) is 40.8 Å². The van der Waals surface area contributed by atoms with Crippen molar-refractivity contribution in [2.75, 3.05) is 25.0 Å². The SMILES string of the molecule is O=C(c1nccs1)[C@@H]1CCCN1C(=O)[C@@H]1CCCN1C(=O)CCCN1Sc2ccccc2NC1=O. The first-order chi connectivity index (χ1) is 17.0. The van der Waals surface area contributed by atoms with Crippen LogP contribution in [-0.2, 0) is 9.59 Å². The van der Waals surface area contributed by atoms with Crippen LogP contribution in [0.3, 0.4) is 0 Å². The molecule has 2 aromatic rings. The number of hydrogen-bond donors (Lipinski definition) is 1. The molecule has 2 atom stereocenters. The summed E-state index contributed by atoms with van der Waals surface area (Å²) in [6.07, 6.45) is 5.14. The van der Waals surface area contributed by atoms with E-state index in [4.69, 9.17) is 0 Å². The number of urea groups is 1. The molecule has 0 saturated carbocycles. The number of para-hydroxylation sites is 1. The highest BCUT2D eigenvalue weighted by Gasteiger charge is 2.42. The zero-order chi connectivity index (χ0) is 24.4. The van der Waals surface area contributed by atoms with E-state index in [9.17, 15) is 19.2 Å². The van der Waals surface area contributed by atoms with Crippen LogP contribution in [0.5, 0.6) is 0 Å². The molecule has 4 heterocycles. The highest BCUT2D eigenvalue weighted by Crippen LogP contribution is 2.35. The average molecular weight is 514 g/mol. The standard InChI is InChI=1S/C24H27N5O4S2/c30-20(10-5-14-29-24(33)26-16-6-1-2-9-19(16)35-29)27-12-4-8-18(27)23(32)28-13-3-7-17(28)21(31)22-25-11-15-34-22/h1-2,6,9,11,15,17-18H,3-5,7-8,10,12-14H2,(H,26,33)/t17-,18-/m0/s1. The number of likely N-dealkylation sites (tertiary alicyclic amines) is 2. The maximum Gasteiger partial charge on any atom is 0.332 e. The molecule has 2 fully saturated rings. The summed E-state index contributed by atoms with van der Waals surface area (Å²) in [5.41, 5.74) is 0.793. The van der Waals surface area contributed by atoms with Gasteiger partial charge in [-0.1, -0.05) is 12.1 Å². The number of nitrogens with one attached hydrogen (secondary N) is 1. The molecule has 0 aliphatic carbocycles. The monoisotopic (exact) mass is 513 g/mol. The fourth-order valence-corrected chi connectivity index (χ4v) is 6.52. The molecule has 1 aromatic heterocycles. The number of amides is 4. The fourth-order valence-electron chi connectivity index (χ4n) is 4.96. The summed E-state index contributed by atoms with van der Waals surface area (Å²) in [6.45, 7) is 1.50. The van der Waals surface area contributed by atoms with Crippen LogP contribution in [0.15, 0.2) is 40.7 Å². The van der Waals surface area contributed by atoms with Gasteiger partial charge in [0.2, 0.25) is 17.6 Å². The van der Waals surface area contributed by atoms with Crippen LogP contribution in [0.25, 0.3) is 0 Å². The summed E-state index contributed by atoms with van der Waals surface area (Å²) in [7, 11) is 0. The van der Waals surface area contributed by atoms with Gasteiger partial charge in [-0.05, 0) is 56.2 Å². The van der Waals surface area contributed by atoms with E-state index < -0.39 is 12.1 Å². The predicted molar refractivity (Wildman–Crippen MR) is 133 cm³/mol. The predicted octanol–water partition coefficient (Wildman–Crippen LogP) is 3.64. The molecule has 3 aliphatic heterocycles. The summed E-state index contributed by atoms with van der Waals surface area (Å²) in [5.74, 6) is -0.322. The van der Waals surface area contributed by atoms with Gasteiger partial charge in [0.15, 0.2) is 5.01 Å². The summed E-state index contributed by atoms with van der Waals surface area (Å²) < 4.78 is 1.63. The third kappa shape index (κ3) is 4.92. The Morgan fingerprint density at radius 2 is 1.83 bits per heavy atom. The minimum atomic E-state index is -0.522. The van der Waals surface area contributed by atoms with Crippen molar-refractivity contribution in [3.63, 3.8) is 0 Å². The molecule has 35 heavy (non-hydrogen) atoms. The van der Waals surface area contributed by atoms with Crippen molar-refractivity contribution in [2.24, 2.45) is 0 Å². The van der Waals surface area contributed by atoms with E-state index in [0.717, 1.165) is 23.4 Å². The molecule has 1 N–H and O–H groups in total. The van der Waals surface area contributed by atoms with Crippen LogP contribution < -0.4 is 5.32 Å². The maximum atomic E-state index is 13.4. The van der Waals surface area contributed by atoms with E-state index in [1.807, 2.05) is 24.3 Å². The smallest absolute Gasteiger partial charge is 0.331 e. The van der Waals surface area contributed by atoms with E-state index >= 15 is 0 Å². The molecule has 0 radical (unpaired) electrons. The lowest BCUT2D eigenvalue weighted by molar-refractivity contribution is -0.144. The van der Waals surface area contributed by atoms with Crippen molar-refractivity contribution in [3.8, 4) is 0 Å². The minimum Gasteiger partial charge on any atom is -0.331 e. The normalized spacial score (nSPS) is 21.7. The number of thiazole rings is 1. The molecule has 0 spiro atoms. The third-order valence-corrected chi connectivity index (χ3v) is 8.56. The Morgan fingerprint density at radius 1 is 1.06 bits per heavy atom. The quantitative estimate of drug-likeness (QED) is 0.448. The van der Waals surface area contributed by atoms with E-state index in [1.54, 1.807) is 25.7 Å². The molecule has 5 rings (SSSR count). The first kappa shape index (κ1) is 23.8. The number of ketones is 1. The Bertz CT molecular complexity index is 1120. The van der Waals surface area contributed by atoms with Gasteiger partial charge in [-0.25, -0.2) is 9.78 Å². The lowest BCUT2D eigenvalue weighted by atomic mass is 10.1. The molecule has 4 amide bonds. The van der Waals surface area contributed by atoms with Gasteiger partial charge in [0.25, 0.3) is 0 Å². The van der Waals surface area contributed by atoms with Gasteiger partial charge in [0.05, 0.1) is 16.6 Å². The topological polar surface area (TPSA) is 103 Å². The summed E-state index contributed by atoms with van der Waals surface area (Å²) in [5, 5.41) is 5.06. The second-order valence-corrected chi connectivity index (χ2v) is 10.8. The highest BCUT2D eigenvalue weighted by atomic mass is 32.2. The van der Waals surface area contributed by atoms with Crippen LogP contribution in [0.1, 0.15) is 48.3 Å². The molecule has 11 heteroatoms. The molecule has 9 nitrogen and oxygen atoms in total. The van der Waals surface area contributed by atoms with Crippen molar-refractivity contribution in [1.29, 1.82) is 0 Å². The number of carbonyl (C=O) groups is 4. The average Bonchev–Trinajstić information content (AvgIpc) is 3.65. The molecule has 1 aromatic carbocycles. The van der Waals surface area contributed by atoms with Gasteiger partial charge in [-0.3, -0.25) is 18.7 Å². The Morgan fingerprint density at radius 3 is 2.63 bits per heavy atom. The summed E-state index contributed by atoms with van der Waals surface area (Å²) in [6, 6.07) is 6.39. The molecular weight excluding hydrogens is 486 g/mol. The van der Waals surface area contributed by atoms with Gasteiger partial charge in [0.1, 0.15) is 6.04 Å². The number of Topliss-reactive ketones (excluding diaryl/α,β-unsaturated/α-hetero) is 1. The Labute approximate surface area is 212 Å². The number of benzene rings is 1. The molecule has 0 unspecified atom stereocenters. The van der Waals surface area contributed by atoms with Crippen molar-refractivity contribution >= 4 is 52.6 Å². The molecule has 184 valence electrons. The highest BCUT2D eigenvalue weighted by molar-refractivity contribution is 7.97. The number of fused-ring (bicyclic) bond motifs is 1. The molecule has 3 aliphatic rings. The number of nitrogens with zero attached hydrogens (tertiary/aromatic N) is 4. The van der Waals surface area contributed by atoms with Gasteiger partial charge in [0, 0.05) is 37.6 Å². The maximum absolute atomic E-state index is 13.4. The summed E-state index contributed by atoms with van der Waals surface area (Å²) in [4.78, 5) is 60.1. The Kier molecular flexibility index (Phi) is 7.05. The van der Waals surface area contributed by atoms with Crippen LogP contribution in [-0.4, -0.2) is 74.4 Å². The van der Waals surface area contributed by atoms with Gasteiger partial charge < -0.3 is 15.1 Å². The van der Waals surface area contributed by atoms with E-state index in [2.05, 4.69) is 10.3 Å². The second-order valence-electron chi connectivity index (χ2n) is 8.86. The fraction of sp³-hybridized carbons (Fsp3) is 0.458. The van der Waals surface area contributed by atoms with Crippen LogP contribution in [0.4, 0.5) is 10.5 Å². The minimum absolute atomic E-state index is 0.0781. The Hall–Kier alpha value is -2.92. The van der Waals surface area contributed by atoms with Crippen LogP contribution in [0, 0.1) is 0 Å². The van der Waals surface area contributed by atoms with Crippen molar-refractivity contribution in [2.45, 2.75) is 55.5 Å². The van der Waals surface area contributed by atoms with Gasteiger partial charge >= 0.3 is 6.03 Å². The largest absolute Gasteiger partial charge is 0.332 e. The zero-order valence-corrected chi connectivity index (χ0v) is 20.9. The van der Waals surface area contributed by atoms with Crippen LogP contribution in [0.2, 0.25) is 0 Å². The third-order valence-electron chi connectivity index (χ3n) is 6.66. The first-order valence-electron chi connectivity index (χ1n) is 11.9. The van der Waals surface area contributed by atoms with Crippen molar-refractivity contribution < 1.29 is 19.2 Å². The second kappa shape index (κ2) is 10.4. The molecular formula is C24H27N5O4S2. The van der Waals surface area contributed by atoms with Gasteiger partial charge in [-0.2, -0.15) is 0 Å². The van der Waals surface area contributed by atoms with E-state index in [0.29, 0.717) is 43.9 Å². The Balaban J connectivity index is 1.16. The van der Waals surface area contributed by atoms with E-state index in [-0.39, 0.29) is 30.0 Å². The number of carbonyl (C=O) groups excluding carboxylic acids is 4.